The molecule has 1 N–H and O–H groups in total. The van der Waals surface area contributed by atoms with Crippen LogP contribution in [0.25, 0.3) is 0 Å². The molecule has 1 aromatic carbocycles. The second-order valence-corrected chi connectivity index (χ2v) is 9.58. The van der Waals surface area contributed by atoms with Crippen molar-refractivity contribution in [2.45, 2.75) is 71.7 Å². The van der Waals surface area contributed by atoms with E-state index >= 15 is 0 Å². The van der Waals surface area contributed by atoms with Gasteiger partial charge in [0.2, 0.25) is 5.91 Å². The highest BCUT2D eigenvalue weighted by molar-refractivity contribution is 5.81. The van der Waals surface area contributed by atoms with Gasteiger partial charge in [0.15, 0.2) is 0 Å². The number of carboxylic acids is 1. The fraction of sp³-hybridized carbons (Fsp3) is 0.625. The molecule has 1 aliphatic rings. The highest BCUT2D eigenvalue weighted by Gasteiger charge is 2.35. The van der Waals surface area contributed by atoms with E-state index in [0.717, 1.165) is 6.54 Å². The maximum absolute atomic E-state index is 12.9. The molecule has 2 amide bonds. The van der Waals surface area contributed by atoms with Gasteiger partial charge in [0.05, 0.1) is 12.5 Å². The van der Waals surface area contributed by atoms with Crippen molar-refractivity contribution >= 4 is 18.0 Å². The smallest absolute Gasteiger partial charge is 0.410 e. The fourth-order valence-electron chi connectivity index (χ4n) is 3.81. The Balaban J connectivity index is 2.18. The number of piperazine rings is 1. The Morgan fingerprint density at radius 2 is 1.78 bits per heavy atom. The third-order valence-corrected chi connectivity index (χ3v) is 5.35. The molecule has 0 saturated carbocycles. The first-order valence-electron chi connectivity index (χ1n) is 11.2. The van der Waals surface area contributed by atoms with Crippen molar-refractivity contribution in [2.75, 3.05) is 26.2 Å². The number of amides is 2. The van der Waals surface area contributed by atoms with Gasteiger partial charge >= 0.3 is 12.1 Å². The van der Waals surface area contributed by atoms with E-state index in [1.165, 1.54) is 5.56 Å². The molecular formula is C24H37N3O5. The van der Waals surface area contributed by atoms with E-state index in [-0.39, 0.29) is 36.9 Å². The maximum Gasteiger partial charge on any atom is 0.410 e. The highest BCUT2D eigenvalue weighted by atomic mass is 16.6. The molecule has 8 nitrogen and oxygen atoms in total. The molecule has 0 spiro atoms. The first-order valence-corrected chi connectivity index (χ1v) is 11.2. The number of ether oxygens (including phenoxy) is 1. The summed E-state index contributed by atoms with van der Waals surface area (Å²) in [5.74, 6) is -1.21. The van der Waals surface area contributed by atoms with E-state index in [2.05, 4.69) is 17.0 Å². The third kappa shape index (κ3) is 8.15. The van der Waals surface area contributed by atoms with Gasteiger partial charge in [0, 0.05) is 45.2 Å². The number of carboxylic acid groups (broad SMARTS) is 1. The summed E-state index contributed by atoms with van der Waals surface area (Å²) in [7, 11) is 0. The van der Waals surface area contributed by atoms with E-state index in [1.54, 1.807) is 9.80 Å². The molecule has 1 fully saturated rings. The highest BCUT2D eigenvalue weighted by Crippen LogP contribution is 2.20. The summed E-state index contributed by atoms with van der Waals surface area (Å²) in [5.41, 5.74) is 0.577. The molecule has 1 heterocycles. The van der Waals surface area contributed by atoms with Crippen LogP contribution in [0, 0.1) is 0 Å². The van der Waals surface area contributed by atoms with Crippen LogP contribution in [-0.2, 0) is 20.9 Å². The van der Waals surface area contributed by atoms with Crippen molar-refractivity contribution in [1.29, 1.82) is 0 Å². The lowest BCUT2D eigenvalue weighted by Gasteiger charge is -2.44. The van der Waals surface area contributed by atoms with E-state index in [4.69, 9.17) is 9.84 Å². The maximum atomic E-state index is 12.9. The van der Waals surface area contributed by atoms with Crippen LogP contribution in [0.2, 0.25) is 0 Å². The molecule has 2 rings (SSSR count). The topological polar surface area (TPSA) is 90.4 Å². The molecule has 0 radical (unpaired) electrons. The molecule has 1 atom stereocenters. The van der Waals surface area contributed by atoms with Gasteiger partial charge < -0.3 is 19.6 Å². The second-order valence-electron chi connectivity index (χ2n) is 9.58. The molecule has 0 aromatic heterocycles. The summed E-state index contributed by atoms with van der Waals surface area (Å²) < 4.78 is 5.63. The molecule has 1 aliphatic heterocycles. The van der Waals surface area contributed by atoms with Crippen LogP contribution in [-0.4, -0.2) is 81.6 Å². The lowest BCUT2D eigenvalue weighted by atomic mass is 10.1. The SMILES string of the molecule is CC(C)N(C[C@@H]1CN(Cc2ccccc2)CCN1C(=O)OC(C)(C)C)C(=O)CCC(=O)O. The van der Waals surface area contributed by atoms with E-state index in [9.17, 15) is 14.4 Å². The Morgan fingerprint density at radius 1 is 1.12 bits per heavy atom. The van der Waals surface area contributed by atoms with Crippen LogP contribution in [0.4, 0.5) is 4.79 Å². The Kier molecular flexibility index (Phi) is 9.07. The lowest BCUT2D eigenvalue weighted by molar-refractivity contribution is -0.142. The number of carbonyl (C=O) groups excluding carboxylic acids is 2. The largest absolute Gasteiger partial charge is 0.481 e. The minimum Gasteiger partial charge on any atom is -0.481 e. The minimum atomic E-state index is -0.996. The molecule has 178 valence electrons. The second kappa shape index (κ2) is 11.3. The van der Waals surface area contributed by atoms with Gasteiger partial charge in [-0.3, -0.25) is 14.5 Å². The van der Waals surface area contributed by atoms with Crippen LogP contribution in [0.5, 0.6) is 0 Å². The first kappa shape index (κ1) is 25.6. The van der Waals surface area contributed by atoms with Gasteiger partial charge in [-0.05, 0) is 40.2 Å². The van der Waals surface area contributed by atoms with Gasteiger partial charge in [-0.15, -0.1) is 0 Å². The summed E-state index contributed by atoms with van der Waals surface area (Å²) in [6.07, 6.45) is -0.646. The van der Waals surface area contributed by atoms with Crippen molar-refractivity contribution in [3.8, 4) is 0 Å². The first-order chi connectivity index (χ1) is 15.0. The molecule has 8 heteroatoms. The average Bonchev–Trinajstić information content (AvgIpc) is 2.69. The summed E-state index contributed by atoms with van der Waals surface area (Å²) in [6, 6.07) is 9.78. The third-order valence-electron chi connectivity index (χ3n) is 5.35. The number of rotatable bonds is 8. The molecule has 32 heavy (non-hydrogen) atoms. The number of hydrogen-bond acceptors (Lipinski definition) is 5. The number of hydrogen-bond donors (Lipinski definition) is 1. The Bertz CT molecular complexity index is 776. The van der Waals surface area contributed by atoms with Crippen molar-refractivity contribution in [3.05, 3.63) is 35.9 Å². The van der Waals surface area contributed by atoms with Crippen molar-refractivity contribution in [3.63, 3.8) is 0 Å². The summed E-state index contributed by atoms with van der Waals surface area (Å²) >= 11 is 0. The van der Waals surface area contributed by atoms with Crippen LogP contribution in [0.15, 0.2) is 30.3 Å². The molecule has 1 saturated heterocycles. The average molecular weight is 448 g/mol. The number of nitrogens with zero attached hydrogens (tertiary/aromatic N) is 3. The Hall–Kier alpha value is -2.61. The number of aliphatic carboxylic acids is 1. The molecule has 0 unspecified atom stereocenters. The van der Waals surface area contributed by atoms with E-state index < -0.39 is 11.6 Å². The minimum absolute atomic E-state index is 0.0552. The molecule has 0 bridgehead atoms. The zero-order chi connectivity index (χ0) is 23.9. The Morgan fingerprint density at radius 3 is 2.34 bits per heavy atom. The lowest BCUT2D eigenvalue weighted by Crippen LogP contribution is -2.60. The van der Waals surface area contributed by atoms with Crippen LogP contribution >= 0.6 is 0 Å². The monoisotopic (exact) mass is 447 g/mol. The zero-order valence-electron chi connectivity index (χ0n) is 19.9. The van der Waals surface area contributed by atoms with Gasteiger partial charge in [0.25, 0.3) is 0 Å². The van der Waals surface area contributed by atoms with Crippen molar-refractivity contribution in [2.24, 2.45) is 0 Å². The van der Waals surface area contributed by atoms with Crippen molar-refractivity contribution < 1.29 is 24.2 Å². The normalized spacial score (nSPS) is 17.3. The van der Waals surface area contributed by atoms with E-state index in [0.29, 0.717) is 26.2 Å². The molecule has 0 aliphatic carbocycles. The summed E-state index contributed by atoms with van der Waals surface area (Å²) in [6.45, 7) is 12.2. The van der Waals surface area contributed by atoms with Crippen LogP contribution in [0.3, 0.4) is 0 Å². The Labute approximate surface area is 191 Å². The quantitative estimate of drug-likeness (QED) is 0.658. The van der Waals surface area contributed by atoms with Gasteiger partial charge in [-0.1, -0.05) is 30.3 Å². The summed E-state index contributed by atoms with van der Waals surface area (Å²) in [4.78, 5) is 42.3. The van der Waals surface area contributed by atoms with Gasteiger partial charge in [-0.25, -0.2) is 4.79 Å². The standard InChI is InChI=1S/C24H37N3O5/c1-18(2)27(21(28)11-12-22(29)30)17-20-16-25(15-19-9-7-6-8-10-19)13-14-26(20)23(31)32-24(3,4)5/h6-10,18,20H,11-17H2,1-5H3,(H,29,30)/t20-/m0/s1. The number of benzene rings is 1. The molecular weight excluding hydrogens is 410 g/mol. The number of carbonyl (C=O) groups is 3. The van der Waals surface area contributed by atoms with E-state index in [1.807, 2.05) is 52.8 Å². The zero-order valence-corrected chi connectivity index (χ0v) is 19.9. The predicted octanol–water partition coefficient (Wildman–Crippen LogP) is 3.21. The van der Waals surface area contributed by atoms with Gasteiger partial charge in [0.1, 0.15) is 5.60 Å². The van der Waals surface area contributed by atoms with Gasteiger partial charge in [-0.2, -0.15) is 0 Å². The fourth-order valence-corrected chi connectivity index (χ4v) is 3.81. The van der Waals surface area contributed by atoms with Crippen LogP contribution in [0.1, 0.15) is 53.0 Å². The predicted molar refractivity (Wildman–Crippen MR) is 122 cm³/mol. The van der Waals surface area contributed by atoms with Crippen LogP contribution < -0.4 is 0 Å². The van der Waals surface area contributed by atoms with Crippen molar-refractivity contribution in [1.82, 2.24) is 14.7 Å². The molecule has 1 aromatic rings. The summed E-state index contributed by atoms with van der Waals surface area (Å²) in [5, 5.41) is 8.96.